The summed E-state index contributed by atoms with van der Waals surface area (Å²) >= 11 is 0. The van der Waals surface area contributed by atoms with Crippen LogP contribution in [0.25, 0.3) is 22.5 Å². The highest BCUT2D eigenvalue weighted by atomic mass is 35.5. The number of pyridine rings is 1. The number of aromatic hydroxyl groups is 1. The maximum Gasteiger partial charge on any atom is 0.151 e. The topological polar surface area (TPSA) is 92.0 Å². The molecule has 0 amide bonds. The second-order valence-electron chi connectivity index (χ2n) is 7.39. The summed E-state index contributed by atoms with van der Waals surface area (Å²) in [7, 11) is 0. The van der Waals surface area contributed by atoms with E-state index in [4.69, 9.17) is 4.11 Å². The first-order chi connectivity index (χ1) is 14.9. The summed E-state index contributed by atoms with van der Waals surface area (Å²) in [5.74, 6) is 1.54. The SMILES string of the molecule is Cl.Cl.[2H]C([2H])([2H])n1cc(-c2cnc(-c3ccc(N4CCN[C@@H](C5CC5)C4)nn3)c(O)c2)cn1. The van der Waals surface area contributed by atoms with Crippen LogP contribution in [0.1, 0.15) is 17.0 Å². The minimum absolute atomic E-state index is 0. The Morgan fingerprint density at radius 2 is 2.03 bits per heavy atom. The zero-order valence-corrected chi connectivity index (χ0v) is 17.7. The van der Waals surface area contributed by atoms with E-state index in [9.17, 15) is 5.11 Å². The van der Waals surface area contributed by atoms with Gasteiger partial charge in [0.1, 0.15) is 17.1 Å². The highest BCUT2D eigenvalue weighted by molar-refractivity contribution is 5.85. The first kappa shape index (κ1) is 18.4. The van der Waals surface area contributed by atoms with Crippen molar-refractivity contribution in [2.45, 2.75) is 18.9 Å². The van der Waals surface area contributed by atoms with Gasteiger partial charge in [0, 0.05) is 60.3 Å². The molecular formula is C20H25Cl2N7O. The van der Waals surface area contributed by atoms with E-state index >= 15 is 0 Å². The molecule has 1 atom stereocenters. The quantitative estimate of drug-likeness (QED) is 0.628. The van der Waals surface area contributed by atoms with Gasteiger partial charge in [-0.3, -0.25) is 4.68 Å². The largest absolute Gasteiger partial charge is 0.506 e. The van der Waals surface area contributed by atoms with E-state index in [-0.39, 0.29) is 30.6 Å². The molecule has 0 spiro atoms. The van der Waals surface area contributed by atoms with Gasteiger partial charge in [0.25, 0.3) is 0 Å². The molecule has 1 saturated carbocycles. The van der Waals surface area contributed by atoms with Crippen LogP contribution < -0.4 is 10.2 Å². The van der Waals surface area contributed by atoms with Gasteiger partial charge in [0.15, 0.2) is 5.82 Å². The monoisotopic (exact) mass is 452 g/mol. The molecule has 1 aliphatic heterocycles. The fourth-order valence-electron chi connectivity index (χ4n) is 3.70. The van der Waals surface area contributed by atoms with Gasteiger partial charge in [-0.2, -0.15) is 5.10 Å². The van der Waals surface area contributed by atoms with Crippen molar-refractivity contribution in [2.24, 2.45) is 12.9 Å². The number of rotatable bonds is 4. The van der Waals surface area contributed by atoms with Crippen molar-refractivity contribution in [3.8, 4) is 28.3 Å². The third-order valence-corrected chi connectivity index (χ3v) is 5.40. The lowest BCUT2D eigenvalue weighted by molar-refractivity contribution is 0.416. The van der Waals surface area contributed by atoms with Gasteiger partial charge in [0.05, 0.1) is 6.20 Å². The van der Waals surface area contributed by atoms with Crippen LogP contribution in [0.5, 0.6) is 5.75 Å². The van der Waals surface area contributed by atoms with Crippen LogP contribution in [-0.2, 0) is 6.98 Å². The smallest absolute Gasteiger partial charge is 0.151 e. The Labute approximate surface area is 191 Å². The minimum Gasteiger partial charge on any atom is -0.506 e. The number of anilines is 1. The predicted octanol–water partition coefficient (Wildman–Crippen LogP) is 2.68. The standard InChI is InChI=1S/C20H23N7O.2ClH/c1-26-11-15(10-23-26)14-8-18(28)20(22-9-14)16-4-5-19(25-24-16)27-7-6-21-17(12-27)13-2-3-13;;/h4-5,8-11,13,17,21,28H,2-3,6-7,12H2,1H3;2*1H/t17-;;/m1../s1/i1D3;;. The van der Waals surface area contributed by atoms with Crippen molar-refractivity contribution in [3.63, 3.8) is 0 Å². The molecule has 30 heavy (non-hydrogen) atoms. The number of piperazine rings is 1. The van der Waals surface area contributed by atoms with Crippen LogP contribution in [-0.4, -0.2) is 55.7 Å². The molecule has 2 N–H and O–H groups in total. The lowest BCUT2D eigenvalue weighted by Crippen LogP contribution is -2.52. The molecule has 4 heterocycles. The zero-order valence-electron chi connectivity index (χ0n) is 19.1. The van der Waals surface area contributed by atoms with Crippen molar-refractivity contribution in [3.05, 3.63) is 36.8 Å². The molecular weight excluding hydrogens is 425 g/mol. The fourth-order valence-corrected chi connectivity index (χ4v) is 3.70. The molecule has 10 heteroatoms. The lowest BCUT2D eigenvalue weighted by Gasteiger charge is -2.34. The summed E-state index contributed by atoms with van der Waals surface area (Å²) in [6.07, 6.45) is 6.99. The summed E-state index contributed by atoms with van der Waals surface area (Å²) in [5.41, 5.74) is 1.91. The second kappa shape index (κ2) is 9.16. The predicted molar refractivity (Wildman–Crippen MR) is 120 cm³/mol. The van der Waals surface area contributed by atoms with Crippen molar-refractivity contribution in [2.75, 3.05) is 24.5 Å². The number of halogens is 2. The van der Waals surface area contributed by atoms with E-state index in [0.717, 1.165) is 36.1 Å². The third kappa shape index (κ3) is 4.50. The van der Waals surface area contributed by atoms with Crippen molar-refractivity contribution < 1.29 is 9.22 Å². The first-order valence-electron chi connectivity index (χ1n) is 11.0. The number of aryl methyl sites for hydroxylation is 1. The van der Waals surface area contributed by atoms with E-state index in [1.165, 1.54) is 31.3 Å². The first-order valence-corrected chi connectivity index (χ1v) is 9.45. The number of hydrogen-bond donors (Lipinski definition) is 2. The van der Waals surface area contributed by atoms with Gasteiger partial charge < -0.3 is 15.3 Å². The van der Waals surface area contributed by atoms with E-state index < -0.39 is 6.98 Å². The van der Waals surface area contributed by atoms with E-state index in [1.54, 1.807) is 6.20 Å². The van der Waals surface area contributed by atoms with Gasteiger partial charge >= 0.3 is 0 Å². The van der Waals surface area contributed by atoms with E-state index in [0.29, 0.717) is 28.6 Å². The summed E-state index contributed by atoms with van der Waals surface area (Å²) < 4.78 is 23.1. The maximum absolute atomic E-state index is 10.5. The lowest BCUT2D eigenvalue weighted by atomic mass is 10.1. The molecule has 1 aliphatic carbocycles. The molecule has 2 fully saturated rings. The Morgan fingerprint density at radius 1 is 1.17 bits per heavy atom. The van der Waals surface area contributed by atoms with Crippen LogP contribution >= 0.6 is 24.8 Å². The van der Waals surface area contributed by atoms with Gasteiger partial charge in [-0.05, 0) is 37.0 Å². The number of nitrogens with zero attached hydrogens (tertiary/aromatic N) is 6. The molecule has 0 unspecified atom stereocenters. The Morgan fingerprint density at radius 3 is 2.70 bits per heavy atom. The van der Waals surface area contributed by atoms with Gasteiger partial charge in [-0.25, -0.2) is 4.98 Å². The highest BCUT2D eigenvalue weighted by Gasteiger charge is 2.34. The average molecular weight is 453 g/mol. The fraction of sp³-hybridized carbons (Fsp3) is 0.400. The molecule has 3 aromatic heterocycles. The molecule has 0 aromatic carbocycles. The maximum atomic E-state index is 10.5. The van der Waals surface area contributed by atoms with Crippen LogP contribution in [0.15, 0.2) is 36.8 Å². The van der Waals surface area contributed by atoms with Crippen molar-refractivity contribution >= 4 is 30.6 Å². The normalized spacial score (nSPS) is 20.3. The van der Waals surface area contributed by atoms with Crippen LogP contribution in [0.2, 0.25) is 0 Å². The van der Waals surface area contributed by atoms with Gasteiger partial charge in [-0.15, -0.1) is 35.0 Å². The number of aromatic nitrogens is 5. The Hall–Kier alpha value is -2.42. The molecule has 2 aliphatic rings. The zero-order chi connectivity index (χ0) is 21.6. The third-order valence-electron chi connectivity index (χ3n) is 5.40. The van der Waals surface area contributed by atoms with Gasteiger partial charge in [-0.1, -0.05) is 0 Å². The van der Waals surface area contributed by atoms with E-state index in [2.05, 4.69) is 30.5 Å². The molecule has 5 rings (SSSR count). The Balaban J connectivity index is 0.00000153. The van der Waals surface area contributed by atoms with E-state index in [1.807, 2.05) is 12.1 Å². The molecule has 160 valence electrons. The molecule has 8 nitrogen and oxygen atoms in total. The summed E-state index contributed by atoms with van der Waals surface area (Å²) in [4.78, 5) is 6.57. The number of nitrogens with one attached hydrogen (secondary N) is 1. The molecule has 0 bridgehead atoms. The second-order valence-corrected chi connectivity index (χ2v) is 7.39. The minimum atomic E-state index is -2.35. The van der Waals surface area contributed by atoms with Crippen molar-refractivity contribution in [1.82, 2.24) is 30.3 Å². The van der Waals surface area contributed by atoms with Crippen LogP contribution in [0.3, 0.4) is 0 Å². The van der Waals surface area contributed by atoms with Crippen molar-refractivity contribution in [1.29, 1.82) is 0 Å². The molecule has 1 saturated heterocycles. The highest BCUT2D eigenvalue weighted by Crippen LogP contribution is 2.34. The molecule has 0 radical (unpaired) electrons. The Bertz CT molecular complexity index is 1090. The van der Waals surface area contributed by atoms with Gasteiger partial charge in [0.2, 0.25) is 0 Å². The Kier molecular flexibility index (Phi) is 5.60. The average Bonchev–Trinajstić information content (AvgIpc) is 3.49. The summed E-state index contributed by atoms with van der Waals surface area (Å²) in [5, 5.41) is 26.6. The summed E-state index contributed by atoms with van der Waals surface area (Å²) in [6, 6.07) is 5.76. The van der Waals surface area contributed by atoms with Crippen LogP contribution in [0.4, 0.5) is 5.82 Å². The number of hydrogen-bond acceptors (Lipinski definition) is 7. The summed E-state index contributed by atoms with van der Waals surface area (Å²) in [6.45, 7) is 0.404. The van der Waals surface area contributed by atoms with Crippen LogP contribution in [0, 0.1) is 5.92 Å². The molecule has 3 aromatic rings.